The Morgan fingerprint density at radius 1 is 1.06 bits per heavy atom. The van der Waals surface area contributed by atoms with Gasteiger partial charge >= 0.3 is 0 Å². The lowest BCUT2D eigenvalue weighted by atomic mass is 10.1. The van der Waals surface area contributed by atoms with Gasteiger partial charge in [0, 0.05) is 43.4 Å². The van der Waals surface area contributed by atoms with E-state index < -0.39 is 0 Å². The number of hydrogen-bond acceptors (Lipinski definition) is 5. The summed E-state index contributed by atoms with van der Waals surface area (Å²) < 4.78 is 11.0. The molecule has 0 saturated heterocycles. The molecule has 0 aliphatic rings. The van der Waals surface area contributed by atoms with Crippen LogP contribution in [-0.4, -0.2) is 40.1 Å². The number of carbonyl (C=O) groups is 1. The van der Waals surface area contributed by atoms with Crippen molar-refractivity contribution in [1.82, 2.24) is 20.1 Å². The SMILES string of the molecule is COc1ccc([C@H](C)N(C)C(=O)CCc2nnc(CCc3c[nH]c4ccccc34)o2)cc1. The number of methoxy groups -OCH3 is 1. The number of aromatic nitrogens is 3. The summed E-state index contributed by atoms with van der Waals surface area (Å²) in [7, 11) is 3.46. The predicted octanol–water partition coefficient (Wildman–Crippen LogP) is 4.50. The van der Waals surface area contributed by atoms with E-state index in [-0.39, 0.29) is 11.9 Å². The minimum Gasteiger partial charge on any atom is -0.497 e. The maximum atomic E-state index is 12.7. The molecule has 32 heavy (non-hydrogen) atoms. The number of fused-ring (bicyclic) bond motifs is 1. The quantitative estimate of drug-likeness (QED) is 0.421. The second-order valence-corrected chi connectivity index (χ2v) is 7.90. The molecule has 166 valence electrons. The van der Waals surface area contributed by atoms with Gasteiger partial charge in [0.15, 0.2) is 0 Å². The van der Waals surface area contributed by atoms with Crippen LogP contribution >= 0.6 is 0 Å². The Morgan fingerprint density at radius 3 is 2.53 bits per heavy atom. The van der Waals surface area contributed by atoms with Gasteiger partial charge in [0.25, 0.3) is 0 Å². The summed E-state index contributed by atoms with van der Waals surface area (Å²) in [4.78, 5) is 17.7. The molecule has 2 heterocycles. The van der Waals surface area contributed by atoms with Crippen LogP contribution in [0.2, 0.25) is 0 Å². The van der Waals surface area contributed by atoms with E-state index in [4.69, 9.17) is 9.15 Å². The first-order valence-corrected chi connectivity index (χ1v) is 10.8. The third-order valence-corrected chi connectivity index (χ3v) is 5.92. The van der Waals surface area contributed by atoms with Crippen LogP contribution in [0.1, 0.15) is 42.3 Å². The Labute approximate surface area is 187 Å². The molecule has 4 rings (SSSR count). The van der Waals surface area contributed by atoms with E-state index in [0.29, 0.717) is 31.0 Å². The number of aryl methyl sites for hydroxylation is 3. The Bertz CT molecular complexity index is 1180. The molecule has 0 spiro atoms. The van der Waals surface area contributed by atoms with Gasteiger partial charge < -0.3 is 19.0 Å². The highest BCUT2D eigenvalue weighted by atomic mass is 16.5. The third kappa shape index (κ3) is 4.82. The zero-order valence-electron chi connectivity index (χ0n) is 18.7. The zero-order chi connectivity index (χ0) is 22.5. The lowest BCUT2D eigenvalue weighted by Crippen LogP contribution is -2.29. The number of aromatic amines is 1. The van der Waals surface area contributed by atoms with Crippen molar-refractivity contribution in [3.8, 4) is 5.75 Å². The van der Waals surface area contributed by atoms with Gasteiger partial charge in [-0.3, -0.25) is 4.79 Å². The molecule has 0 radical (unpaired) electrons. The van der Waals surface area contributed by atoms with Gasteiger partial charge in [-0.25, -0.2) is 0 Å². The van der Waals surface area contributed by atoms with Crippen LogP contribution in [0.3, 0.4) is 0 Å². The molecule has 0 aliphatic carbocycles. The number of rotatable bonds is 9. The average molecular weight is 433 g/mol. The Hall–Kier alpha value is -3.61. The maximum absolute atomic E-state index is 12.7. The molecule has 1 N–H and O–H groups in total. The number of amides is 1. The molecule has 0 bridgehead atoms. The molecule has 4 aromatic rings. The van der Waals surface area contributed by atoms with Crippen LogP contribution in [0, 0.1) is 0 Å². The van der Waals surface area contributed by atoms with E-state index in [2.05, 4.69) is 27.3 Å². The van der Waals surface area contributed by atoms with Crippen molar-refractivity contribution in [3.63, 3.8) is 0 Å². The first kappa shape index (κ1) is 21.6. The number of nitrogens with one attached hydrogen (secondary N) is 1. The summed E-state index contributed by atoms with van der Waals surface area (Å²) in [6.45, 7) is 2.01. The maximum Gasteiger partial charge on any atom is 0.223 e. The van der Waals surface area contributed by atoms with Gasteiger partial charge in [-0.1, -0.05) is 30.3 Å². The minimum atomic E-state index is -0.0391. The van der Waals surface area contributed by atoms with Crippen LogP contribution in [0.5, 0.6) is 5.75 Å². The van der Waals surface area contributed by atoms with E-state index in [1.807, 2.05) is 56.6 Å². The number of nitrogens with zero attached hydrogens (tertiary/aromatic N) is 3. The van der Waals surface area contributed by atoms with Crippen LogP contribution in [0.4, 0.5) is 0 Å². The van der Waals surface area contributed by atoms with Gasteiger partial charge in [0.05, 0.1) is 13.2 Å². The zero-order valence-corrected chi connectivity index (χ0v) is 18.7. The summed E-state index contributed by atoms with van der Waals surface area (Å²) in [6.07, 6.45) is 4.25. The Morgan fingerprint density at radius 2 is 1.78 bits per heavy atom. The summed E-state index contributed by atoms with van der Waals surface area (Å²) in [5, 5.41) is 9.49. The summed E-state index contributed by atoms with van der Waals surface area (Å²) in [6, 6.07) is 15.9. The van der Waals surface area contributed by atoms with Gasteiger partial charge in [-0.2, -0.15) is 0 Å². The second-order valence-electron chi connectivity index (χ2n) is 7.90. The number of hydrogen-bond donors (Lipinski definition) is 1. The van der Waals surface area contributed by atoms with Gasteiger partial charge in [0.1, 0.15) is 5.75 Å². The summed E-state index contributed by atoms with van der Waals surface area (Å²) >= 11 is 0. The number of ether oxygens (including phenoxy) is 1. The fourth-order valence-electron chi connectivity index (χ4n) is 3.78. The third-order valence-electron chi connectivity index (χ3n) is 5.92. The van der Waals surface area contributed by atoms with Gasteiger partial charge in [-0.05, 0) is 42.7 Å². The van der Waals surface area contributed by atoms with E-state index in [1.165, 1.54) is 10.9 Å². The van der Waals surface area contributed by atoms with Crippen molar-refractivity contribution >= 4 is 16.8 Å². The van der Waals surface area contributed by atoms with Crippen molar-refractivity contribution in [2.75, 3.05) is 14.2 Å². The molecule has 2 aromatic heterocycles. The fourth-order valence-corrected chi connectivity index (χ4v) is 3.78. The number of H-pyrrole nitrogens is 1. The molecule has 2 aromatic carbocycles. The number of para-hydroxylation sites is 1. The molecule has 0 fully saturated rings. The smallest absolute Gasteiger partial charge is 0.223 e. The van der Waals surface area contributed by atoms with Gasteiger partial charge in [0.2, 0.25) is 17.7 Å². The van der Waals surface area contributed by atoms with Crippen LogP contribution in [0.25, 0.3) is 10.9 Å². The second kappa shape index (κ2) is 9.68. The molecule has 0 saturated carbocycles. The standard InChI is InChI=1S/C25H28N4O3/c1-17(18-8-11-20(31-3)12-9-18)29(2)25(30)15-14-24-28-27-23(32-24)13-10-19-16-26-22-7-5-4-6-21(19)22/h4-9,11-12,16-17,26H,10,13-15H2,1-3H3/t17-/m0/s1. The highest BCUT2D eigenvalue weighted by molar-refractivity contribution is 5.83. The van der Waals surface area contributed by atoms with Crippen molar-refractivity contribution in [1.29, 1.82) is 0 Å². The lowest BCUT2D eigenvalue weighted by Gasteiger charge is -2.25. The average Bonchev–Trinajstić information content (AvgIpc) is 3.47. The Kier molecular flexibility index (Phi) is 6.54. The molecule has 7 heteroatoms. The minimum absolute atomic E-state index is 0.0341. The monoisotopic (exact) mass is 432 g/mol. The predicted molar refractivity (Wildman–Crippen MR) is 123 cm³/mol. The van der Waals surface area contributed by atoms with E-state index in [9.17, 15) is 4.79 Å². The lowest BCUT2D eigenvalue weighted by molar-refractivity contribution is -0.131. The van der Waals surface area contributed by atoms with E-state index >= 15 is 0 Å². The molecule has 1 atom stereocenters. The molecule has 0 aliphatic heterocycles. The largest absolute Gasteiger partial charge is 0.497 e. The molecular formula is C25H28N4O3. The first-order chi connectivity index (χ1) is 15.5. The molecule has 7 nitrogen and oxygen atoms in total. The van der Waals surface area contributed by atoms with Crippen LogP contribution in [0.15, 0.2) is 59.1 Å². The normalized spacial score (nSPS) is 12.1. The van der Waals surface area contributed by atoms with E-state index in [1.54, 1.807) is 12.0 Å². The van der Waals surface area contributed by atoms with Crippen molar-refractivity contribution in [2.45, 2.75) is 38.6 Å². The van der Waals surface area contributed by atoms with Gasteiger partial charge in [-0.15, -0.1) is 10.2 Å². The first-order valence-electron chi connectivity index (χ1n) is 10.8. The molecular weight excluding hydrogens is 404 g/mol. The van der Waals surface area contributed by atoms with Crippen LogP contribution < -0.4 is 4.74 Å². The highest BCUT2D eigenvalue weighted by Crippen LogP contribution is 2.23. The Balaban J connectivity index is 1.28. The van der Waals surface area contributed by atoms with Crippen molar-refractivity contribution in [2.24, 2.45) is 0 Å². The van der Waals surface area contributed by atoms with E-state index in [0.717, 1.165) is 23.3 Å². The number of carbonyl (C=O) groups excluding carboxylic acids is 1. The van der Waals surface area contributed by atoms with Crippen molar-refractivity contribution in [3.05, 3.63) is 77.6 Å². The summed E-state index contributed by atoms with van der Waals surface area (Å²) in [5.41, 5.74) is 3.41. The molecule has 1 amide bonds. The molecule has 0 unspecified atom stereocenters. The van der Waals surface area contributed by atoms with Crippen molar-refractivity contribution < 1.29 is 13.9 Å². The summed E-state index contributed by atoms with van der Waals surface area (Å²) in [5.74, 6) is 1.93. The fraction of sp³-hybridized carbons (Fsp3) is 0.320. The highest BCUT2D eigenvalue weighted by Gasteiger charge is 2.18. The van der Waals surface area contributed by atoms with Crippen LogP contribution in [-0.2, 0) is 24.1 Å². The topological polar surface area (TPSA) is 84.2 Å². The number of benzene rings is 2.